The number of benzene rings is 2. The molecule has 4 aliphatic rings. The molecule has 4 bridgehead atoms. The van der Waals surface area contributed by atoms with E-state index < -0.39 is 11.6 Å². The van der Waals surface area contributed by atoms with Gasteiger partial charge < -0.3 is 25.4 Å². The Bertz CT molecular complexity index is 1710. The van der Waals surface area contributed by atoms with Gasteiger partial charge in [-0.3, -0.25) is 4.90 Å². The molecule has 4 saturated heterocycles. The molecular weight excluding hydrogens is 596 g/mol. The van der Waals surface area contributed by atoms with Gasteiger partial charge in [0.25, 0.3) is 0 Å². The predicted molar refractivity (Wildman–Crippen MR) is 164 cm³/mol. The topological polar surface area (TPSA) is 102 Å². The van der Waals surface area contributed by atoms with Crippen molar-refractivity contribution in [2.24, 2.45) is 0 Å². The summed E-state index contributed by atoms with van der Waals surface area (Å²) < 4.78 is 43.8. The van der Waals surface area contributed by atoms with Crippen LogP contribution in [0.5, 0.6) is 6.01 Å². The molecule has 0 aliphatic carbocycles. The normalized spacial score (nSPS) is 26.1. The molecule has 9 nitrogen and oxygen atoms in total. The van der Waals surface area contributed by atoms with Gasteiger partial charge in [-0.2, -0.15) is 9.97 Å². The van der Waals surface area contributed by atoms with E-state index in [4.69, 9.17) is 31.8 Å². The molecule has 5 atom stereocenters. The van der Waals surface area contributed by atoms with Crippen molar-refractivity contribution < 1.29 is 18.3 Å². The lowest BCUT2D eigenvalue weighted by Gasteiger charge is -2.37. The van der Waals surface area contributed by atoms with Crippen molar-refractivity contribution in [2.45, 2.75) is 62.9 Å². The van der Waals surface area contributed by atoms with Crippen molar-refractivity contribution in [3.05, 3.63) is 34.9 Å². The van der Waals surface area contributed by atoms with Crippen LogP contribution in [-0.2, 0) is 4.74 Å². The fourth-order valence-electron chi connectivity index (χ4n) is 7.50. The Morgan fingerprint density at radius 1 is 1.07 bits per heavy atom. The summed E-state index contributed by atoms with van der Waals surface area (Å²) in [5.74, 6) is -0.471. The third-order valence-electron chi connectivity index (χ3n) is 9.41. The highest BCUT2D eigenvalue weighted by molar-refractivity contribution is 7.22. The zero-order valence-corrected chi connectivity index (χ0v) is 25.2. The standard InChI is InChI=1S/C30H32ClF2N7O2S/c1-14(11-39-17-4-5-18(39)13-41-12-17)42-30-37-25-20(28(38-30)40-15-2-3-16(40)10-35-9-15)8-21(31)23(24(25)33)19-6-7-22(32)27-26(19)36-29(34)43-27/h6-8,14-18,35H,2-5,9-13H2,1H3,(H2,34,36)/t14-,15?,16?,17?,18?/m0/s1. The lowest BCUT2D eigenvalue weighted by atomic mass is 10.0. The molecule has 13 heteroatoms. The number of thiazole rings is 1. The van der Waals surface area contributed by atoms with Gasteiger partial charge in [-0.1, -0.05) is 22.9 Å². The van der Waals surface area contributed by atoms with E-state index in [-0.39, 0.29) is 55.6 Å². The van der Waals surface area contributed by atoms with E-state index in [1.54, 1.807) is 6.07 Å². The van der Waals surface area contributed by atoms with E-state index in [0.717, 1.165) is 63.3 Å². The lowest BCUT2D eigenvalue weighted by molar-refractivity contribution is -0.0284. The molecule has 2 aromatic heterocycles. The van der Waals surface area contributed by atoms with E-state index in [2.05, 4.69) is 25.1 Å². The van der Waals surface area contributed by atoms with Crippen LogP contribution in [0.4, 0.5) is 19.7 Å². The van der Waals surface area contributed by atoms with Crippen LogP contribution in [0.1, 0.15) is 32.6 Å². The van der Waals surface area contributed by atoms with Crippen molar-refractivity contribution >= 4 is 55.0 Å². The Labute approximate surface area is 256 Å². The van der Waals surface area contributed by atoms with Crippen molar-refractivity contribution in [1.29, 1.82) is 0 Å². The van der Waals surface area contributed by atoms with Crippen LogP contribution in [0.3, 0.4) is 0 Å². The number of morpholine rings is 1. The number of nitrogens with zero attached hydrogens (tertiary/aromatic N) is 5. The molecule has 43 heavy (non-hydrogen) atoms. The highest BCUT2D eigenvalue weighted by atomic mass is 35.5. The number of hydrogen-bond donors (Lipinski definition) is 2. The molecule has 2 aromatic carbocycles. The minimum absolute atomic E-state index is 0.0984. The number of nitrogens with two attached hydrogens (primary N) is 1. The minimum Gasteiger partial charge on any atom is -0.459 e. The summed E-state index contributed by atoms with van der Waals surface area (Å²) in [6.07, 6.45) is 4.05. The minimum atomic E-state index is -0.628. The van der Waals surface area contributed by atoms with Crippen molar-refractivity contribution in [3.8, 4) is 17.1 Å². The molecule has 4 aromatic rings. The van der Waals surface area contributed by atoms with Gasteiger partial charge in [-0.05, 0) is 50.8 Å². The molecule has 4 unspecified atom stereocenters. The Morgan fingerprint density at radius 2 is 1.79 bits per heavy atom. The number of anilines is 2. The van der Waals surface area contributed by atoms with Crippen LogP contribution in [0.25, 0.3) is 32.2 Å². The van der Waals surface area contributed by atoms with Crippen molar-refractivity contribution in [2.75, 3.05) is 43.5 Å². The third-order valence-corrected chi connectivity index (χ3v) is 10.6. The van der Waals surface area contributed by atoms with Gasteiger partial charge in [0.15, 0.2) is 10.9 Å². The summed E-state index contributed by atoms with van der Waals surface area (Å²) in [6.45, 7) is 5.83. The lowest BCUT2D eigenvalue weighted by Crippen LogP contribution is -2.52. The second-order valence-corrected chi connectivity index (χ2v) is 13.5. The maximum absolute atomic E-state index is 16.8. The van der Waals surface area contributed by atoms with Gasteiger partial charge in [0.05, 0.1) is 28.5 Å². The Kier molecular flexibility index (Phi) is 6.83. The summed E-state index contributed by atoms with van der Waals surface area (Å²) >= 11 is 7.85. The average molecular weight is 628 g/mol. The summed E-state index contributed by atoms with van der Waals surface area (Å²) in [5, 5.41) is 4.38. The number of aromatic nitrogens is 3. The smallest absolute Gasteiger partial charge is 0.319 e. The van der Waals surface area contributed by atoms with Gasteiger partial charge in [-0.25, -0.2) is 13.8 Å². The molecule has 226 valence electrons. The van der Waals surface area contributed by atoms with Crippen molar-refractivity contribution in [3.63, 3.8) is 0 Å². The van der Waals surface area contributed by atoms with Gasteiger partial charge in [-0.15, -0.1) is 0 Å². The predicted octanol–water partition coefficient (Wildman–Crippen LogP) is 4.99. The molecular formula is C30H32ClF2N7O2S. The first kappa shape index (κ1) is 27.6. The highest BCUT2D eigenvalue weighted by Crippen LogP contribution is 2.44. The quantitative estimate of drug-likeness (QED) is 0.306. The van der Waals surface area contributed by atoms with Crippen LogP contribution in [-0.4, -0.2) is 83.0 Å². The number of nitrogens with one attached hydrogen (secondary N) is 1. The van der Waals surface area contributed by atoms with Crippen LogP contribution >= 0.6 is 22.9 Å². The number of fused-ring (bicyclic) bond motifs is 6. The fourth-order valence-corrected chi connectivity index (χ4v) is 8.56. The average Bonchev–Trinajstić information content (AvgIpc) is 3.55. The van der Waals surface area contributed by atoms with Gasteiger partial charge in [0.1, 0.15) is 23.3 Å². The van der Waals surface area contributed by atoms with E-state index >= 15 is 4.39 Å². The Hall–Kier alpha value is -2.90. The number of rotatable bonds is 6. The summed E-state index contributed by atoms with van der Waals surface area (Å²) in [5.41, 5.74) is 6.75. The maximum atomic E-state index is 16.8. The molecule has 0 saturated carbocycles. The van der Waals surface area contributed by atoms with Gasteiger partial charge >= 0.3 is 6.01 Å². The molecule has 3 N–H and O–H groups in total. The van der Waals surface area contributed by atoms with E-state index in [0.29, 0.717) is 35.4 Å². The first-order valence-electron chi connectivity index (χ1n) is 14.9. The Morgan fingerprint density at radius 3 is 2.53 bits per heavy atom. The molecule has 0 amide bonds. The zero-order valence-electron chi connectivity index (χ0n) is 23.7. The van der Waals surface area contributed by atoms with E-state index in [1.165, 1.54) is 12.1 Å². The first-order chi connectivity index (χ1) is 20.9. The number of ether oxygens (including phenoxy) is 2. The van der Waals surface area contributed by atoms with E-state index in [9.17, 15) is 4.39 Å². The number of halogens is 3. The zero-order chi connectivity index (χ0) is 29.4. The van der Waals surface area contributed by atoms with Crippen LogP contribution in [0.2, 0.25) is 5.02 Å². The molecule has 4 fully saturated rings. The maximum Gasteiger partial charge on any atom is 0.319 e. The molecule has 0 spiro atoms. The largest absolute Gasteiger partial charge is 0.459 e. The van der Waals surface area contributed by atoms with Crippen LogP contribution < -0.4 is 20.7 Å². The fraction of sp³-hybridized carbons (Fsp3) is 0.500. The second kappa shape index (κ2) is 10.6. The van der Waals surface area contributed by atoms with Crippen molar-refractivity contribution in [1.82, 2.24) is 25.2 Å². The SMILES string of the molecule is C[C@@H](CN1C2CCC1COC2)Oc1nc(N2C3CCC2CNC3)c2cc(Cl)c(-c3ccc(F)c4sc(N)nc34)c(F)c2n1. The third kappa shape index (κ3) is 4.61. The van der Waals surface area contributed by atoms with E-state index in [1.807, 2.05) is 6.92 Å². The van der Waals surface area contributed by atoms with Gasteiger partial charge in [0.2, 0.25) is 0 Å². The van der Waals surface area contributed by atoms with Crippen LogP contribution in [0, 0.1) is 11.6 Å². The van der Waals surface area contributed by atoms with Gasteiger partial charge in [0, 0.05) is 60.3 Å². The number of hydrogen-bond acceptors (Lipinski definition) is 10. The summed E-state index contributed by atoms with van der Waals surface area (Å²) in [4.78, 5) is 18.6. The number of piperazine rings is 1. The van der Waals surface area contributed by atoms with Crippen LogP contribution in [0.15, 0.2) is 18.2 Å². The summed E-state index contributed by atoms with van der Waals surface area (Å²) in [7, 11) is 0. The molecule has 6 heterocycles. The molecule has 0 radical (unpaired) electrons. The second-order valence-electron chi connectivity index (χ2n) is 12.1. The molecule has 4 aliphatic heterocycles. The summed E-state index contributed by atoms with van der Waals surface area (Å²) in [6, 6.07) is 5.85. The number of nitrogen functional groups attached to an aromatic ring is 1. The monoisotopic (exact) mass is 627 g/mol. The highest BCUT2D eigenvalue weighted by Gasteiger charge is 2.40. The Balaban J connectivity index is 1.24. The first-order valence-corrected chi connectivity index (χ1v) is 16.1. The molecule has 8 rings (SSSR count).